The van der Waals surface area contributed by atoms with Gasteiger partial charge in [0.25, 0.3) is 5.56 Å². The number of thioether (sulfide) groups is 1. The van der Waals surface area contributed by atoms with Crippen LogP contribution in [0, 0.1) is 0 Å². The number of carbonyl (C=O) groups excluding carboxylic acids is 1. The summed E-state index contributed by atoms with van der Waals surface area (Å²) >= 11 is 3.16. The Balaban J connectivity index is 1.26. The summed E-state index contributed by atoms with van der Waals surface area (Å²) in [6.45, 7) is 8.72. The van der Waals surface area contributed by atoms with Gasteiger partial charge in [-0.1, -0.05) is 61.7 Å². The van der Waals surface area contributed by atoms with Crippen LogP contribution in [0.3, 0.4) is 0 Å². The van der Waals surface area contributed by atoms with E-state index in [0.717, 1.165) is 36.8 Å². The molecule has 1 aromatic carbocycles. The molecule has 4 heterocycles. The molecule has 206 valence electrons. The van der Waals surface area contributed by atoms with Gasteiger partial charge in [0.15, 0.2) is 0 Å². The van der Waals surface area contributed by atoms with E-state index < -0.39 is 6.04 Å². The Morgan fingerprint density at radius 2 is 2.08 bits per heavy atom. The summed E-state index contributed by atoms with van der Waals surface area (Å²) in [4.78, 5) is 38.3. The first-order valence-corrected chi connectivity index (χ1v) is 14.9. The van der Waals surface area contributed by atoms with Gasteiger partial charge in [-0.05, 0) is 37.5 Å². The molecule has 0 saturated carbocycles. The van der Waals surface area contributed by atoms with Crippen LogP contribution in [0.1, 0.15) is 49.0 Å². The quantitative estimate of drug-likeness (QED) is 0.222. The van der Waals surface area contributed by atoms with Crippen molar-refractivity contribution >= 4 is 55.5 Å². The minimum absolute atomic E-state index is 0.194. The Labute approximate surface area is 241 Å². The third kappa shape index (κ3) is 5.97. The number of rotatable bonds is 10. The highest BCUT2D eigenvalue weighted by Crippen LogP contribution is 2.35. The average molecular weight is 573 g/mol. The summed E-state index contributed by atoms with van der Waals surface area (Å²) in [6.07, 6.45) is 7.49. The number of anilines is 2. The number of benzene rings is 1. The van der Waals surface area contributed by atoms with Crippen LogP contribution >= 0.6 is 23.1 Å². The van der Waals surface area contributed by atoms with Crippen LogP contribution in [0.25, 0.3) is 15.0 Å². The third-order valence-corrected chi connectivity index (χ3v) is 9.12. The minimum Gasteiger partial charge on any atom is -0.384 e. The fourth-order valence-electron chi connectivity index (χ4n) is 4.68. The number of aryl methyl sites for hydroxylation is 1. The summed E-state index contributed by atoms with van der Waals surface area (Å²) in [6, 6.07) is 13.2. The van der Waals surface area contributed by atoms with Gasteiger partial charge in [0.1, 0.15) is 23.4 Å². The first-order valence-electron chi connectivity index (χ1n) is 13.2. The summed E-state index contributed by atoms with van der Waals surface area (Å²) < 4.78 is 2.55. The largest absolute Gasteiger partial charge is 0.384 e. The summed E-state index contributed by atoms with van der Waals surface area (Å²) in [5, 5.41) is 7.27. The highest BCUT2D eigenvalue weighted by atomic mass is 32.2. The lowest BCUT2D eigenvalue weighted by Crippen LogP contribution is -2.36. The number of hydrogen-bond acceptors (Lipinski definition) is 8. The number of pyridine rings is 1. The number of thiophene rings is 1. The minimum atomic E-state index is -0.603. The number of hydrogen-bond donors (Lipinski definition) is 3. The number of fused-ring (bicyclic) bond motifs is 2. The normalized spacial score (nSPS) is 15.6. The lowest BCUT2D eigenvalue weighted by Gasteiger charge is -2.20. The Kier molecular flexibility index (Phi) is 8.37. The van der Waals surface area contributed by atoms with Crippen LogP contribution < -0.4 is 21.9 Å². The maximum Gasteiger partial charge on any atom is 0.277 e. The third-order valence-electron chi connectivity index (χ3n) is 6.78. The smallest absolute Gasteiger partial charge is 0.277 e. The predicted octanol–water partition coefficient (Wildman–Crippen LogP) is 5.74. The fourth-order valence-corrected chi connectivity index (χ4v) is 6.73. The predicted molar refractivity (Wildman–Crippen MR) is 166 cm³/mol. The average Bonchev–Trinajstić information content (AvgIpc) is 3.57. The number of allylic oxidation sites excluding steroid dienone is 1. The van der Waals surface area contributed by atoms with Gasteiger partial charge < -0.3 is 16.4 Å². The molecule has 4 N–H and O–H groups in total. The molecule has 8 nitrogen and oxygen atoms in total. The van der Waals surface area contributed by atoms with Crippen LogP contribution in [0.4, 0.5) is 11.5 Å². The monoisotopic (exact) mass is 572 g/mol. The van der Waals surface area contributed by atoms with Crippen molar-refractivity contribution in [3.8, 4) is 0 Å². The van der Waals surface area contributed by atoms with Gasteiger partial charge in [0, 0.05) is 37.4 Å². The number of nitrogens with two attached hydrogens (primary N) is 1. The maximum absolute atomic E-state index is 13.5. The lowest BCUT2D eigenvalue weighted by atomic mass is 10.2. The van der Waals surface area contributed by atoms with Crippen molar-refractivity contribution in [2.75, 3.05) is 11.1 Å². The van der Waals surface area contributed by atoms with Gasteiger partial charge in [-0.2, -0.15) is 0 Å². The standard InChI is InChI=1S/C30H32N6O2S2/c1-4-8-25(20-9-6-5-7-10-20)39-19(3)18(2)35-23-17-33-28-12-11-24(36(28)30(23)38)29(37)34-16-22-13-21-15-32-27(31)14-26(21)40-22/h5-10,13-15,17-18,24,35H,3-4,11-12,16H2,1-2H3,(H2,31,32)(H,34,37)/b25-8-. The van der Waals surface area contributed by atoms with E-state index in [9.17, 15) is 9.59 Å². The van der Waals surface area contributed by atoms with Gasteiger partial charge in [-0.3, -0.25) is 14.2 Å². The molecule has 40 heavy (non-hydrogen) atoms. The highest BCUT2D eigenvalue weighted by Gasteiger charge is 2.31. The molecule has 2 atom stereocenters. The SMILES string of the molecule is C=C(S/C(=C\CC)c1ccccc1)C(C)Nc1cnc2n(c1=O)C(C(=O)NCc1cc3cnc(N)cc3s1)CC2. The van der Waals surface area contributed by atoms with E-state index in [4.69, 9.17) is 5.73 Å². The van der Waals surface area contributed by atoms with Crippen molar-refractivity contribution in [3.63, 3.8) is 0 Å². The number of carbonyl (C=O) groups is 1. The van der Waals surface area contributed by atoms with Gasteiger partial charge in [-0.15, -0.1) is 11.3 Å². The topological polar surface area (TPSA) is 115 Å². The second kappa shape index (κ2) is 12.1. The molecule has 3 aromatic heterocycles. The molecule has 0 bridgehead atoms. The van der Waals surface area contributed by atoms with E-state index in [1.165, 1.54) is 4.57 Å². The molecule has 1 aliphatic heterocycles. The Bertz CT molecular complexity index is 1640. The summed E-state index contributed by atoms with van der Waals surface area (Å²) in [7, 11) is 0. The highest BCUT2D eigenvalue weighted by molar-refractivity contribution is 8.11. The van der Waals surface area contributed by atoms with Crippen molar-refractivity contribution in [2.24, 2.45) is 0 Å². The zero-order chi connectivity index (χ0) is 28.2. The van der Waals surface area contributed by atoms with Crippen molar-refractivity contribution in [3.05, 3.63) is 99.0 Å². The van der Waals surface area contributed by atoms with Crippen LogP contribution in [0.15, 0.2) is 77.2 Å². The van der Waals surface area contributed by atoms with Crippen LogP contribution in [-0.2, 0) is 17.8 Å². The number of aromatic nitrogens is 3. The lowest BCUT2D eigenvalue weighted by molar-refractivity contribution is -0.124. The summed E-state index contributed by atoms with van der Waals surface area (Å²) in [5.41, 5.74) is 7.03. The number of amides is 1. The van der Waals surface area contributed by atoms with E-state index in [-0.39, 0.29) is 17.5 Å². The second-order valence-electron chi connectivity index (χ2n) is 9.67. The first-order chi connectivity index (χ1) is 19.3. The Morgan fingerprint density at radius 3 is 2.85 bits per heavy atom. The molecule has 0 aliphatic carbocycles. The molecule has 0 spiro atoms. The first kappa shape index (κ1) is 27.7. The van der Waals surface area contributed by atoms with Crippen molar-refractivity contribution < 1.29 is 4.79 Å². The molecule has 0 fully saturated rings. The van der Waals surface area contributed by atoms with Crippen LogP contribution in [0.5, 0.6) is 0 Å². The zero-order valence-corrected chi connectivity index (χ0v) is 24.1. The molecule has 0 radical (unpaired) electrons. The number of nitrogens with zero attached hydrogens (tertiary/aromatic N) is 3. The Hall–Kier alpha value is -3.89. The molecule has 0 saturated heterocycles. The number of nitrogens with one attached hydrogen (secondary N) is 2. The van der Waals surface area contributed by atoms with E-state index >= 15 is 0 Å². The zero-order valence-electron chi connectivity index (χ0n) is 22.5. The van der Waals surface area contributed by atoms with Crippen molar-refractivity contribution in [2.45, 2.75) is 51.7 Å². The maximum atomic E-state index is 13.5. The fraction of sp³-hybridized carbons (Fsp3) is 0.267. The molecule has 1 amide bonds. The number of nitrogen functional groups attached to an aromatic ring is 1. The molecule has 4 aromatic rings. The van der Waals surface area contributed by atoms with Crippen molar-refractivity contribution in [1.82, 2.24) is 19.9 Å². The van der Waals surface area contributed by atoms with Crippen LogP contribution in [0.2, 0.25) is 0 Å². The second-order valence-corrected chi connectivity index (χ2v) is 12.0. The molecule has 2 unspecified atom stereocenters. The van der Waals surface area contributed by atoms with E-state index in [1.807, 2.05) is 37.3 Å². The van der Waals surface area contributed by atoms with E-state index in [0.29, 0.717) is 36.7 Å². The van der Waals surface area contributed by atoms with Gasteiger partial charge in [0.05, 0.1) is 18.8 Å². The van der Waals surface area contributed by atoms with Gasteiger partial charge in [-0.25, -0.2) is 9.97 Å². The van der Waals surface area contributed by atoms with E-state index in [2.05, 4.69) is 52.3 Å². The van der Waals surface area contributed by atoms with E-state index in [1.54, 1.807) is 35.5 Å². The molecular weight excluding hydrogens is 541 g/mol. The Morgan fingerprint density at radius 1 is 1.27 bits per heavy atom. The summed E-state index contributed by atoms with van der Waals surface area (Å²) in [5.74, 6) is 0.895. The van der Waals surface area contributed by atoms with Crippen molar-refractivity contribution in [1.29, 1.82) is 0 Å². The molecular formula is C30H32N6O2S2. The molecule has 5 rings (SSSR count). The van der Waals surface area contributed by atoms with Gasteiger partial charge in [0.2, 0.25) is 5.91 Å². The van der Waals surface area contributed by atoms with Gasteiger partial charge >= 0.3 is 0 Å². The molecule has 10 heteroatoms. The van der Waals surface area contributed by atoms with Crippen LogP contribution in [-0.4, -0.2) is 26.5 Å². The molecule has 1 aliphatic rings.